The summed E-state index contributed by atoms with van der Waals surface area (Å²) in [5, 5.41) is 22.1. The van der Waals surface area contributed by atoms with E-state index in [0.29, 0.717) is 0 Å². The third kappa shape index (κ3) is 361. The summed E-state index contributed by atoms with van der Waals surface area (Å²) in [6, 6.07) is 1.25. The second kappa shape index (κ2) is 1160. The van der Waals surface area contributed by atoms with E-state index in [1.165, 1.54) is 6.01 Å². The van der Waals surface area contributed by atoms with Gasteiger partial charge in [-0.1, -0.05) is 44.6 Å². The van der Waals surface area contributed by atoms with Gasteiger partial charge >= 0.3 is 0 Å². The molecular weight excluding hydrogens is 196 g/mol. The molecule has 0 aromatic heterocycles. The second-order valence-corrected chi connectivity index (χ2v) is 0.329. The molecule has 0 aliphatic rings. The van der Waals surface area contributed by atoms with Crippen molar-refractivity contribution < 1.29 is 9.59 Å². The highest BCUT2D eigenvalue weighted by atomic mass is 16.1. The minimum Gasteiger partial charge on any atom is -0.242 e. The first-order valence-electron chi connectivity index (χ1n) is 1.41. The Hall–Kier alpha value is -1.86. The zero-order chi connectivity index (χ0) is 8.12. The van der Waals surface area contributed by atoms with Gasteiger partial charge in [0.05, 0.1) is 6.01 Å². The van der Waals surface area contributed by atoms with E-state index in [0.717, 1.165) is 12.2 Å². The first-order chi connectivity index (χ1) is 4.24. The molecule has 0 heterocycles. The van der Waals surface area contributed by atoms with Crippen molar-refractivity contribution in [3.8, 4) is 0 Å². The van der Waals surface area contributed by atoms with Crippen LogP contribution in [0.25, 0.3) is 0 Å². The molecule has 0 amide bonds. The van der Waals surface area contributed by atoms with Gasteiger partial charge in [-0.15, -0.1) is 0 Å². The van der Waals surface area contributed by atoms with Crippen molar-refractivity contribution in [2.24, 2.45) is 0 Å². The summed E-state index contributed by atoms with van der Waals surface area (Å²) in [5.74, 6) is 0. The molecule has 0 bridgehead atoms. The molecule has 0 spiro atoms. The van der Waals surface area contributed by atoms with Crippen molar-refractivity contribution in [1.82, 2.24) is 0 Å². The average molecular weight is 224 g/mol. The van der Waals surface area contributed by atoms with Crippen molar-refractivity contribution in [3.05, 3.63) is 0 Å². The van der Waals surface area contributed by atoms with Gasteiger partial charge < -0.3 is 0 Å². The molecule has 0 unspecified atom stereocenters. The highest BCUT2D eigenvalue weighted by molar-refractivity contribution is 5.29. The van der Waals surface area contributed by atoms with E-state index < -0.39 is 0 Å². The maximum Gasteiger partial charge on any atom is 0.231 e. The monoisotopic (exact) mass is 224 g/mol. The minimum absolute atomic E-state index is 0. The summed E-state index contributed by atoms with van der Waals surface area (Å²) in [6.07, 6.45) is 1.50. The third-order valence-corrected chi connectivity index (χ3v) is 0. The Morgan fingerprint density at radius 1 is 0.533 bits per heavy atom. The van der Waals surface area contributed by atoms with Crippen LogP contribution in [0.4, 0.5) is 0 Å². The Morgan fingerprint density at radius 2 is 0.533 bits per heavy atom. The fraction of sp³-hybridized carbons (Fsp3) is 0.667. The highest BCUT2D eigenvalue weighted by Gasteiger charge is 1.04. The molecule has 0 aliphatic heterocycles. The standard InChI is InChI=1S/CH2N2.2CHNO.6CH4/c3*2-1-3;;;;;;/h2-3H;2*2H;6*1H4. The summed E-state index contributed by atoms with van der Waals surface area (Å²) in [7, 11) is 0. The van der Waals surface area contributed by atoms with Crippen LogP contribution in [0.2, 0.25) is 0 Å². The predicted octanol–water partition coefficient (Wildman–Crippen LogP) is 3.94. The van der Waals surface area contributed by atoms with E-state index >= 15 is 0 Å². The van der Waals surface area contributed by atoms with Gasteiger partial charge in [-0.2, -0.15) is 0 Å². The first-order valence-corrected chi connectivity index (χ1v) is 1.41. The van der Waals surface area contributed by atoms with Crippen molar-refractivity contribution in [1.29, 1.82) is 21.6 Å². The summed E-state index contributed by atoms with van der Waals surface area (Å²) in [6.45, 7) is 0. The molecule has 0 fully saturated rings. The Balaban J connectivity index is -0.00000000429. The number of hydrogen-bond acceptors (Lipinski definition) is 6. The normalized spacial score (nSPS) is 1.60. The fourth-order valence-corrected chi connectivity index (χ4v) is 0. The smallest absolute Gasteiger partial charge is 0.231 e. The van der Waals surface area contributed by atoms with Crippen molar-refractivity contribution in [2.75, 3.05) is 0 Å². The van der Waals surface area contributed by atoms with E-state index in [9.17, 15) is 0 Å². The van der Waals surface area contributed by atoms with Crippen LogP contribution in [0.3, 0.4) is 0 Å². The molecular formula is C9H28N4O2. The number of hydrogen-bond donors (Lipinski definition) is 4. The fourth-order valence-electron chi connectivity index (χ4n) is 0. The molecule has 0 saturated carbocycles. The number of nitrogens with one attached hydrogen (secondary N) is 4. The van der Waals surface area contributed by atoms with Crippen molar-refractivity contribution in [3.63, 3.8) is 0 Å². The molecule has 0 aromatic carbocycles. The summed E-state index contributed by atoms with van der Waals surface area (Å²) >= 11 is 0. The Labute approximate surface area is 94.8 Å². The van der Waals surface area contributed by atoms with Crippen LogP contribution in [0.15, 0.2) is 0 Å². The van der Waals surface area contributed by atoms with Crippen molar-refractivity contribution in [2.45, 2.75) is 44.6 Å². The lowest BCUT2D eigenvalue weighted by Gasteiger charge is -1.09. The number of isocyanates is 2. The van der Waals surface area contributed by atoms with Crippen LogP contribution in [0.1, 0.15) is 44.6 Å². The maximum absolute atomic E-state index is 8.35. The average Bonchev–Trinajstić information content (AvgIpc) is 1.70. The van der Waals surface area contributed by atoms with E-state index in [1.807, 2.05) is 0 Å². The molecule has 6 heteroatoms. The van der Waals surface area contributed by atoms with Crippen LogP contribution in [-0.2, 0) is 9.59 Å². The van der Waals surface area contributed by atoms with Gasteiger partial charge in [0.15, 0.2) is 0 Å². The van der Waals surface area contributed by atoms with Crippen LogP contribution < -0.4 is 0 Å². The van der Waals surface area contributed by atoms with E-state index in [-0.39, 0.29) is 44.6 Å². The topological polar surface area (TPSA) is 130 Å². The Kier molecular flexibility index (Phi) is 8730. The molecule has 0 radical (unpaired) electrons. The second-order valence-electron chi connectivity index (χ2n) is 0.329. The summed E-state index contributed by atoms with van der Waals surface area (Å²) < 4.78 is 0. The van der Waals surface area contributed by atoms with Gasteiger partial charge in [-0.3, -0.25) is 0 Å². The van der Waals surface area contributed by atoms with Gasteiger partial charge in [0.1, 0.15) is 0 Å². The van der Waals surface area contributed by atoms with Crippen LogP contribution >= 0.6 is 0 Å². The quantitative estimate of drug-likeness (QED) is 0.367. The lowest BCUT2D eigenvalue weighted by atomic mass is 11.6. The zero-order valence-electron chi connectivity index (χ0n) is 4.32. The highest BCUT2D eigenvalue weighted by Crippen LogP contribution is 0.920. The molecule has 0 rings (SSSR count). The molecule has 4 N–H and O–H groups in total. The maximum atomic E-state index is 8.35. The molecule has 96 valence electrons. The summed E-state index contributed by atoms with van der Waals surface area (Å²) in [4.78, 5) is 16.7. The largest absolute Gasteiger partial charge is 0.242 e. The van der Waals surface area contributed by atoms with Gasteiger partial charge in [0.2, 0.25) is 12.2 Å². The minimum atomic E-state index is 0. The lowest BCUT2D eigenvalue weighted by Crippen LogP contribution is -1.16. The number of rotatable bonds is 0. The van der Waals surface area contributed by atoms with Gasteiger partial charge in [-0.05, 0) is 0 Å². The van der Waals surface area contributed by atoms with Crippen LogP contribution in [0, 0.1) is 21.6 Å². The van der Waals surface area contributed by atoms with Gasteiger partial charge in [0, 0.05) is 0 Å². The Morgan fingerprint density at radius 3 is 0.533 bits per heavy atom. The predicted molar refractivity (Wildman–Crippen MR) is 67.7 cm³/mol. The SMILES string of the molecule is C.C.C.C.C.C.N=C=N.N=C=O.N=C=O. The molecule has 0 atom stereocenters. The molecule has 0 aliphatic carbocycles. The third-order valence-electron chi connectivity index (χ3n) is 0. The van der Waals surface area contributed by atoms with Gasteiger partial charge in [0.25, 0.3) is 0 Å². The van der Waals surface area contributed by atoms with Gasteiger partial charge in [-0.25, -0.2) is 31.2 Å². The van der Waals surface area contributed by atoms with Crippen LogP contribution in [0.5, 0.6) is 0 Å². The lowest BCUT2D eigenvalue weighted by molar-refractivity contribution is 0.562. The molecule has 0 saturated heterocycles. The zero-order valence-corrected chi connectivity index (χ0v) is 4.32. The summed E-state index contributed by atoms with van der Waals surface area (Å²) in [5.41, 5.74) is 0. The molecule has 6 nitrogen and oxygen atoms in total. The van der Waals surface area contributed by atoms with E-state index in [4.69, 9.17) is 31.2 Å². The first kappa shape index (κ1) is 113. The molecule has 15 heavy (non-hydrogen) atoms. The van der Waals surface area contributed by atoms with E-state index in [1.54, 1.807) is 0 Å². The molecule has 0 aromatic rings. The van der Waals surface area contributed by atoms with Crippen molar-refractivity contribution >= 4 is 18.2 Å². The number of carbonyl (C=O) groups excluding carboxylic acids is 2. The Bertz CT molecular complexity index is 112. The van der Waals surface area contributed by atoms with Crippen LogP contribution in [-0.4, -0.2) is 18.2 Å². The van der Waals surface area contributed by atoms with E-state index in [2.05, 4.69) is 0 Å².